The number of aromatic nitrogens is 2. The summed E-state index contributed by atoms with van der Waals surface area (Å²) in [6.07, 6.45) is 1.59. The molecule has 0 unspecified atom stereocenters. The van der Waals surface area contributed by atoms with E-state index in [-0.39, 0.29) is 13.2 Å². The van der Waals surface area contributed by atoms with E-state index in [1.165, 1.54) is 0 Å². The Morgan fingerprint density at radius 1 is 1.31 bits per heavy atom. The van der Waals surface area contributed by atoms with Crippen LogP contribution in [0.15, 0.2) is 42.4 Å². The first-order chi connectivity index (χ1) is 12.3. The Kier molecular flexibility index (Phi) is 6.38. The molecule has 2 N–H and O–H groups in total. The topological polar surface area (TPSA) is 76.2 Å². The van der Waals surface area contributed by atoms with Gasteiger partial charge in [-0.15, -0.1) is 0 Å². The Hall–Kier alpha value is -2.83. The molecule has 0 aliphatic rings. The van der Waals surface area contributed by atoms with E-state index >= 15 is 0 Å². The highest BCUT2D eigenvalue weighted by Crippen LogP contribution is 2.23. The van der Waals surface area contributed by atoms with E-state index in [1.807, 2.05) is 19.1 Å². The summed E-state index contributed by atoms with van der Waals surface area (Å²) in [6, 6.07) is 7.39. The van der Waals surface area contributed by atoms with Crippen molar-refractivity contribution < 1.29 is 18.7 Å². The molecule has 0 aliphatic heterocycles. The molecule has 2 aromatic rings. The molecule has 1 aromatic heterocycles. The summed E-state index contributed by atoms with van der Waals surface area (Å²) >= 11 is 0. The van der Waals surface area contributed by atoms with Gasteiger partial charge in [0.15, 0.2) is 0 Å². The summed E-state index contributed by atoms with van der Waals surface area (Å²) in [5.41, 5.74) is 2.68. The van der Waals surface area contributed by atoms with E-state index in [9.17, 15) is 9.18 Å². The number of H-pyrrole nitrogens is 1. The van der Waals surface area contributed by atoms with E-state index in [4.69, 9.17) is 9.47 Å². The number of amides is 1. The second-order valence-electron chi connectivity index (χ2n) is 6.86. The van der Waals surface area contributed by atoms with E-state index in [1.54, 1.807) is 39.1 Å². The van der Waals surface area contributed by atoms with Crippen LogP contribution in [-0.4, -0.2) is 35.0 Å². The van der Waals surface area contributed by atoms with Gasteiger partial charge < -0.3 is 14.8 Å². The van der Waals surface area contributed by atoms with Crippen LogP contribution in [0, 0.1) is 6.92 Å². The number of hydrogen-bond acceptors (Lipinski definition) is 4. The lowest BCUT2D eigenvalue weighted by molar-refractivity contribution is 0.0531. The number of nitrogens with one attached hydrogen (secondary N) is 2. The van der Waals surface area contributed by atoms with Crippen molar-refractivity contribution in [3.8, 4) is 17.0 Å². The lowest BCUT2D eigenvalue weighted by Crippen LogP contribution is -2.34. The molecule has 0 bridgehead atoms. The molecule has 1 heterocycles. The van der Waals surface area contributed by atoms with Crippen molar-refractivity contribution >= 4 is 6.09 Å². The summed E-state index contributed by atoms with van der Waals surface area (Å²) in [4.78, 5) is 11.6. The fourth-order valence-electron chi connectivity index (χ4n) is 2.15. The first-order valence-electron chi connectivity index (χ1n) is 8.26. The van der Waals surface area contributed by atoms with Crippen LogP contribution in [0.5, 0.6) is 5.75 Å². The van der Waals surface area contributed by atoms with Gasteiger partial charge in [-0.05, 0) is 57.5 Å². The molecule has 1 amide bonds. The molecule has 26 heavy (non-hydrogen) atoms. The third-order valence-electron chi connectivity index (χ3n) is 3.41. The highest BCUT2D eigenvalue weighted by Gasteiger charge is 2.16. The van der Waals surface area contributed by atoms with E-state index in [0.717, 1.165) is 16.8 Å². The highest BCUT2D eigenvalue weighted by atomic mass is 19.1. The van der Waals surface area contributed by atoms with Crippen molar-refractivity contribution in [3.63, 3.8) is 0 Å². The quantitative estimate of drug-likeness (QED) is 0.811. The normalized spacial score (nSPS) is 12.0. The molecule has 0 saturated heterocycles. The SMILES string of the molecule is Cc1cn[nH]c1-c1ccc(OC/C(=C/F)CNC(=O)OC(C)(C)C)cc1. The molecule has 0 atom stereocenters. The van der Waals surface area contributed by atoms with Gasteiger partial charge in [-0.25, -0.2) is 9.18 Å². The predicted molar refractivity (Wildman–Crippen MR) is 97.7 cm³/mol. The third kappa shape index (κ3) is 5.91. The number of nitrogens with zero attached hydrogens (tertiary/aromatic N) is 1. The van der Waals surface area contributed by atoms with Crippen molar-refractivity contribution in [1.29, 1.82) is 0 Å². The van der Waals surface area contributed by atoms with Crippen LogP contribution in [0.3, 0.4) is 0 Å². The number of aryl methyl sites for hydroxylation is 1. The molecule has 0 aliphatic carbocycles. The molecular weight excluding hydrogens is 337 g/mol. The standard InChI is InChI=1S/C19H24FN3O3/c1-13-10-22-23-17(13)15-5-7-16(8-6-15)25-12-14(9-20)11-21-18(24)26-19(2,3)4/h5-10H,11-12H2,1-4H3,(H,21,24)(H,22,23)/b14-9+. The molecule has 0 fully saturated rings. The van der Waals surface area contributed by atoms with Crippen LogP contribution in [0.2, 0.25) is 0 Å². The van der Waals surface area contributed by atoms with Crippen molar-refractivity contribution in [2.45, 2.75) is 33.3 Å². The second-order valence-corrected chi connectivity index (χ2v) is 6.86. The fraction of sp³-hybridized carbons (Fsp3) is 0.368. The molecule has 0 radical (unpaired) electrons. The van der Waals surface area contributed by atoms with Crippen molar-refractivity contribution in [2.75, 3.05) is 13.2 Å². The van der Waals surface area contributed by atoms with Crippen molar-refractivity contribution in [2.24, 2.45) is 0 Å². The summed E-state index contributed by atoms with van der Waals surface area (Å²) < 4.78 is 23.7. The number of halogens is 1. The Morgan fingerprint density at radius 3 is 2.54 bits per heavy atom. The number of rotatable bonds is 6. The maximum atomic E-state index is 13.0. The van der Waals surface area contributed by atoms with Crippen LogP contribution in [0.4, 0.5) is 9.18 Å². The molecule has 1 aromatic carbocycles. The van der Waals surface area contributed by atoms with Crippen LogP contribution >= 0.6 is 0 Å². The minimum Gasteiger partial charge on any atom is -0.489 e. The number of aromatic amines is 1. The largest absolute Gasteiger partial charge is 0.489 e. The smallest absolute Gasteiger partial charge is 0.407 e. The zero-order chi connectivity index (χ0) is 19.2. The predicted octanol–water partition coefficient (Wildman–Crippen LogP) is 4.14. The van der Waals surface area contributed by atoms with Gasteiger partial charge in [0.1, 0.15) is 18.0 Å². The van der Waals surface area contributed by atoms with Gasteiger partial charge in [0, 0.05) is 17.7 Å². The number of alkyl carbamates (subject to hydrolysis) is 1. The van der Waals surface area contributed by atoms with Gasteiger partial charge >= 0.3 is 6.09 Å². The Labute approximate surface area is 152 Å². The lowest BCUT2D eigenvalue weighted by Gasteiger charge is -2.20. The summed E-state index contributed by atoms with van der Waals surface area (Å²) in [6.45, 7) is 7.28. The average Bonchev–Trinajstić information content (AvgIpc) is 3.00. The zero-order valence-electron chi connectivity index (χ0n) is 15.4. The molecule has 0 saturated carbocycles. The summed E-state index contributed by atoms with van der Waals surface area (Å²) in [5.74, 6) is 0.600. The maximum Gasteiger partial charge on any atom is 0.407 e. The molecule has 0 spiro atoms. The van der Waals surface area contributed by atoms with Crippen LogP contribution < -0.4 is 10.1 Å². The minimum atomic E-state index is -0.602. The van der Waals surface area contributed by atoms with Gasteiger partial charge in [0.2, 0.25) is 0 Å². The van der Waals surface area contributed by atoms with Gasteiger partial charge in [-0.1, -0.05) is 0 Å². The Bertz CT molecular complexity index is 761. The van der Waals surface area contributed by atoms with E-state index in [0.29, 0.717) is 17.7 Å². The van der Waals surface area contributed by atoms with E-state index in [2.05, 4.69) is 15.5 Å². The third-order valence-corrected chi connectivity index (χ3v) is 3.41. The van der Waals surface area contributed by atoms with Crippen LogP contribution in [-0.2, 0) is 4.74 Å². The maximum absolute atomic E-state index is 13.0. The fourth-order valence-corrected chi connectivity index (χ4v) is 2.15. The zero-order valence-corrected chi connectivity index (χ0v) is 15.4. The number of ether oxygens (including phenoxy) is 2. The molecule has 2 rings (SSSR count). The van der Waals surface area contributed by atoms with Gasteiger partial charge in [-0.2, -0.15) is 5.10 Å². The van der Waals surface area contributed by atoms with E-state index < -0.39 is 11.7 Å². The number of carbonyl (C=O) groups is 1. The Morgan fingerprint density at radius 2 is 2.00 bits per heavy atom. The molecule has 7 heteroatoms. The monoisotopic (exact) mass is 361 g/mol. The van der Waals surface area contributed by atoms with Gasteiger partial charge in [0.05, 0.1) is 18.2 Å². The van der Waals surface area contributed by atoms with Crippen molar-refractivity contribution in [3.05, 3.63) is 47.9 Å². The van der Waals surface area contributed by atoms with Crippen molar-refractivity contribution in [1.82, 2.24) is 15.5 Å². The van der Waals surface area contributed by atoms with Crippen LogP contribution in [0.1, 0.15) is 26.3 Å². The first kappa shape index (κ1) is 19.5. The average molecular weight is 361 g/mol. The second kappa shape index (κ2) is 8.51. The number of benzene rings is 1. The first-order valence-corrected chi connectivity index (χ1v) is 8.26. The summed E-state index contributed by atoms with van der Waals surface area (Å²) in [5, 5.41) is 9.44. The lowest BCUT2D eigenvalue weighted by atomic mass is 10.1. The minimum absolute atomic E-state index is 0.0108. The highest BCUT2D eigenvalue weighted by molar-refractivity contribution is 5.68. The Balaban J connectivity index is 1.85. The molecule has 6 nitrogen and oxygen atoms in total. The van der Waals surface area contributed by atoms with Gasteiger partial charge in [-0.3, -0.25) is 5.10 Å². The molecule has 140 valence electrons. The molecular formula is C19H24FN3O3. The number of carbonyl (C=O) groups excluding carboxylic acids is 1. The summed E-state index contributed by atoms with van der Waals surface area (Å²) in [7, 11) is 0. The van der Waals surface area contributed by atoms with Gasteiger partial charge in [0.25, 0.3) is 0 Å². The van der Waals surface area contributed by atoms with Crippen LogP contribution in [0.25, 0.3) is 11.3 Å². The number of hydrogen-bond donors (Lipinski definition) is 2.